The summed E-state index contributed by atoms with van der Waals surface area (Å²) in [6.45, 7) is 2.58. The molecule has 5 rings (SSSR count). The molecule has 0 saturated heterocycles. The van der Waals surface area contributed by atoms with Crippen molar-refractivity contribution in [2.45, 2.75) is 19.8 Å². The first-order valence-electron chi connectivity index (χ1n) is 11.5. The predicted molar refractivity (Wildman–Crippen MR) is 134 cm³/mol. The molecule has 0 amide bonds. The van der Waals surface area contributed by atoms with Crippen molar-refractivity contribution in [2.24, 2.45) is 0 Å². The van der Waals surface area contributed by atoms with Gasteiger partial charge in [-0.3, -0.25) is 4.79 Å². The van der Waals surface area contributed by atoms with Gasteiger partial charge in [-0.1, -0.05) is 60.7 Å². The van der Waals surface area contributed by atoms with E-state index in [0.717, 1.165) is 38.6 Å². The lowest BCUT2D eigenvalue weighted by molar-refractivity contribution is -0.143. The number of rotatable bonds is 8. The Bertz CT molecular complexity index is 1440. The third kappa shape index (κ3) is 4.64. The molecule has 0 aliphatic rings. The van der Waals surface area contributed by atoms with Crippen LogP contribution in [0.2, 0.25) is 0 Å². The van der Waals surface area contributed by atoms with E-state index >= 15 is 0 Å². The van der Waals surface area contributed by atoms with E-state index in [4.69, 9.17) is 18.9 Å². The summed E-state index contributed by atoms with van der Waals surface area (Å²) in [4.78, 5) is 16.4. The number of ether oxygens (including phenoxy) is 2. The zero-order valence-electron chi connectivity index (χ0n) is 19.0. The minimum atomic E-state index is -0.210. The lowest BCUT2D eigenvalue weighted by Gasteiger charge is -2.11. The molecule has 0 unspecified atom stereocenters. The van der Waals surface area contributed by atoms with E-state index in [1.165, 1.54) is 0 Å². The highest BCUT2D eigenvalue weighted by molar-refractivity contribution is 5.91. The molecule has 34 heavy (non-hydrogen) atoms. The zero-order valence-corrected chi connectivity index (χ0v) is 19.0. The van der Waals surface area contributed by atoms with Crippen LogP contribution in [0.15, 0.2) is 89.3 Å². The third-order valence-electron chi connectivity index (χ3n) is 5.66. The average molecular weight is 452 g/mol. The monoisotopic (exact) mass is 451 g/mol. The Morgan fingerprint density at radius 3 is 2.44 bits per heavy atom. The zero-order chi connectivity index (χ0) is 23.3. The first-order valence-corrected chi connectivity index (χ1v) is 11.5. The molecule has 0 atom stereocenters. The molecule has 0 bridgehead atoms. The van der Waals surface area contributed by atoms with Gasteiger partial charge in [-0.05, 0) is 59.5 Å². The molecular formula is C29H25NO4. The van der Waals surface area contributed by atoms with Crippen molar-refractivity contribution in [3.05, 3.63) is 84.9 Å². The SMILES string of the molecule is CCOC(=O)CCCOc1cc2ccccc2cc1-c1nc2cc(-c3ccccc3)ccc2o1. The van der Waals surface area contributed by atoms with Gasteiger partial charge in [0.15, 0.2) is 5.58 Å². The fourth-order valence-corrected chi connectivity index (χ4v) is 3.99. The van der Waals surface area contributed by atoms with Crippen molar-refractivity contribution >= 4 is 27.8 Å². The van der Waals surface area contributed by atoms with Gasteiger partial charge >= 0.3 is 5.97 Å². The van der Waals surface area contributed by atoms with Crippen LogP contribution in [0, 0.1) is 0 Å². The summed E-state index contributed by atoms with van der Waals surface area (Å²) in [5.74, 6) is 0.974. The number of aromatic nitrogens is 1. The summed E-state index contributed by atoms with van der Waals surface area (Å²) >= 11 is 0. The van der Waals surface area contributed by atoms with Crippen LogP contribution in [0.1, 0.15) is 19.8 Å². The van der Waals surface area contributed by atoms with Crippen molar-refractivity contribution in [1.29, 1.82) is 0 Å². The van der Waals surface area contributed by atoms with Crippen molar-refractivity contribution in [3.63, 3.8) is 0 Å². The van der Waals surface area contributed by atoms with Crippen LogP contribution in [-0.2, 0) is 9.53 Å². The molecule has 0 aliphatic carbocycles. The molecule has 0 saturated carbocycles. The minimum absolute atomic E-state index is 0.210. The summed E-state index contributed by atoms with van der Waals surface area (Å²) in [7, 11) is 0. The third-order valence-corrected chi connectivity index (χ3v) is 5.66. The van der Waals surface area contributed by atoms with Crippen molar-refractivity contribution < 1.29 is 18.7 Å². The van der Waals surface area contributed by atoms with E-state index in [1.54, 1.807) is 6.92 Å². The topological polar surface area (TPSA) is 61.6 Å². The largest absolute Gasteiger partial charge is 0.493 e. The molecule has 5 heteroatoms. The Labute approximate surface area is 198 Å². The smallest absolute Gasteiger partial charge is 0.305 e. The lowest BCUT2D eigenvalue weighted by Crippen LogP contribution is -2.07. The average Bonchev–Trinajstić information content (AvgIpc) is 3.30. The van der Waals surface area contributed by atoms with Crippen LogP contribution >= 0.6 is 0 Å². The van der Waals surface area contributed by atoms with E-state index < -0.39 is 0 Å². The van der Waals surface area contributed by atoms with Gasteiger partial charge in [0.25, 0.3) is 0 Å². The number of hydrogen-bond donors (Lipinski definition) is 0. The van der Waals surface area contributed by atoms with Gasteiger partial charge in [0.1, 0.15) is 11.3 Å². The molecule has 0 radical (unpaired) electrons. The Morgan fingerprint density at radius 2 is 1.65 bits per heavy atom. The fraction of sp³-hybridized carbons (Fsp3) is 0.172. The van der Waals surface area contributed by atoms with Gasteiger partial charge in [-0.25, -0.2) is 4.98 Å². The summed E-state index contributed by atoms with van der Waals surface area (Å²) in [6, 6.07) is 28.4. The number of oxazole rings is 1. The molecule has 1 aromatic heterocycles. The van der Waals surface area contributed by atoms with Gasteiger partial charge in [-0.2, -0.15) is 0 Å². The van der Waals surface area contributed by atoms with Crippen LogP contribution in [0.4, 0.5) is 0 Å². The quantitative estimate of drug-likeness (QED) is 0.187. The number of fused-ring (bicyclic) bond motifs is 2. The molecule has 5 aromatic rings. The predicted octanol–water partition coefficient (Wildman–Crippen LogP) is 7.04. The molecule has 0 N–H and O–H groups in total. The van der Waals surface area contributed by atoms with E-state index in [2.05, 4.69) is 18.2 Å². The maximum Gasteiger partial charge on any atom is 0.305 e. The lowest BCUT2D eigenvalue weighted by atomic mass is 10.1. The summed E-state index contributed by atoms with van der Waals surface area (Å²) < 4.78 is 17.3. The van der Waals surface area contributed by atoms with Crippen LogP contribution in [-0.4, -0.2) is 24.2 Å². The highest BCUT2D eigenvalue weighted by atomic mass is 16.5. The Kier molecular flexibility index (Phi) is 6.25. The number of nitrogens with zero attached hydrogens (tertiary/aromatic N) is 1. The van der Waals surface area contributed by atoms with Gasteiger partial charge < -0.3 is 13.9 Å². The number of benzene rings is 4. The van der Waals surface area contributed by atoms with Crippen LogP contribution < -0.4 is 4.74 Å². The van der Waals surface area contributed by atoms with Gasteiger partial charge in [0.05, 0.1) is 18.8 Å². The van der Waals surface area contributed by atoms with Gasteiger partial charge in [0, 0.05) is 6.42 Å². The van der Waals surface area contributed by atoms with E-state index in [-0.39, 0.29) is 5.97 Å². The maximum absolute atomic E-state index is 11.6. The molecule has 5 nitrogen and oxygen atoms in total. The standard InChI is InChI=1S/C29H25NO4/c1-2-32-28(31)13-8-16-33-27-19-22-12-7-6-11-21(22)17-24(27)29-30-25-18-23(14-15-26(25)34-29)20-9-4-3-5-10-20/h3-7,9-12,14-15,17-19H,2,8,13,16H2,1H3. The summed E-state index contributed by atoms with van der Waals surface area (Å²) in [5, 5.41) is 2.14. The van der Waals surface area contributed by atoms with Crippen LogP contribution in [0.5, 0.6) is 5.75 Å². The van der Waals surface area contributed by atoms with Crippen molar-refractivity contribution in [2.75, 3.05) is 13.2 Å². The molecule has 1 heterocycles. The highest BCUT2D eigenvalue weighted by Gasteiger charge is 2.16. The molecule has 0 aliphatic heterocycles. The van der Waals surface area contributed by atoms with E-state index in [9.17, 15) is 4.79 Å². The molecule has 0 spiro atoms. The van der Waals surface area contributed by atoms with Gasteiger partial charge in [-0.15, -0.1) is 0 Å². The molecule has 4 aromatic carbocycles. The molecule has 0 fully saturated rings. The first kappa shape index (κ1) is 21.7. The van der Waals surface area contributed by atoms with Crippen molar-refractivity contribution in [3.8, 4) is 28.3 Å². The van der Waals surface area contributed by atoms with E-state index in [1.807, 2.05) is 66.7 Å². The van der Waals surface area contributed by atoms with Gasteiger partial charge in [0.2, 0.25) is 5.89 Å². The van der Waals surface area contributed by atoms with Crippen LogP contribution in [0.3, 0.4) is 0 Å². The second-order valence-electron chi connectivity index (χ2n) is 8.02. The normalized spacial score (nSPS) is 11.1. The first-order chi connectivity index (χ1) is 16.7. The number of esters is 1. The number of carbonyl (C=O) groups is 1. The van der Waals surface area contributed by atoms with Crippen LogP contribution in [0.25, 0.3) is 44.5 Å². The minimum Gasteiger partial charge on any atom is -0.493 e. The highest BCUT2D eigenvalue weighted by Crippen LogP contribution is 2.36. The second kappa shape index (κ2) is 9.79. The summed E-state index contributed by atoms with van der Waals surface area (Å²) in [5.41, 5.74) is 4.51. The molecular weight excluding hydrogens is 426 g/mol. The Hall–Kier alpha value is -4.12. The second-order valence-corrected chi connectivity index (χ2v) is 8.02. The van der Waals surface area contributed by atoms with Crippen molar-refractivity contribution in [1.82, 2.24) is 4.98 Å². The summed E-state index contributed by atoms with van der Waals surface area (Å²) in [6.07, 6.45) is 0.890. The number of hydrogen-bond acceptors (Lipinski definition) is 5. The fourth-order valence-electron chi connectivity index (χ4n) is 3.99. The Morgan fingerprint density at radius 1 is 0.882 bits per heavy atom. The van der Waals surface area contributed by atoms with E-state index in [0.29, 0.717) is 37.7 Å². The number of carbonyl (C=O) groups excluding carboxylic acids is 1. The Balaban J connectivity index is 1.47. The maximum atomic E-state index is 11.6. The molecule has 170 valence electrons.